The van der Waals surface area contributed by atoms with Crippen molar-refractivity contribution in [3.05, 3.63) is 6.33 Å². The Labute approximate surface area is 122 Å². The number of anilines is 1. The number of fused-ring (bicyclic) bond motifs is 3. The molecule has 8 heteroatoms. The number of aromatic nitrogens is 3. The van der Waals surface area contributed by atoms with Gasteiger partial charge in [0.25, 0.3) is 6.98 Å². The molecule has 1 atom stereocenters. The van der Waals surface area contributed by atoms with Gasteiger partial charge in [0.2, 0.25) is 5.95 Å². The summed E-state index contributed by atoms with van der Waals surface area (Å²) in [5.74, 6) is 0.993. The van der Waals surface area contributed by atoms with Crippen LogP contribution in [0.5, 0.6) is 0 Å². The van der Waals surface area contributed by atoms with Gasteiger partial charge >= 0.3 is 6.98 Å². The molecule has 0 bridgehead atoms. The van der Waals surface area contributed by atoms with Crippen LogP contribution >= 0.6 is 0 Å². The van der Waals surface area contributed by atoms with Gasteiger partial charge in [-0.2, -0.15) is 5.10 Å². The van der Waals surface area contributed by atoms with Crippen LogP contribution in [-0.4, -0.2) is 58.0 Å². The summed E-state index contributed by atoms with van der Waals surface area (Å²) in [5, 5.41) is 4.46. The van der Waals surface area contributed by atoms with E-state index in [9.17, 15) is 0 Å². The number of nitrogens with zero attached hydrogens (tertiary/aromatic N) is 6. The van der Waals surface area contributed by atoms with E-state index in [1.165, 1.54) is 0 Å². The SMILES string of the molecule is CCCN1B(C)N(C)C2N(B1C)c1ncnn1C2(C)C. The Balaban J connectivity index is 2.06. The Morgan fingerprint density at radius 1 is 1.30 bits per heavy atom. The van der Waals surface area contributed by atoms with Gasteiger partial charge in [0.1, 0.15) is 6.33 Å². The fraction of sp³-hybridized carbons (Fsp3) is 0.833. The average molecular weight is 274 g/mol. The van der Waals surface area contributed by atoms with Gasteiger partial charge in [-0.05, 0) is 33.9 Å². The molecule has 0 amide bonds. The van der Waals surface area contributed by atoms with E-state index >= 15 is 0 Å². The largest absolute Gasteiger partial charge is 0.354 e. The van der Waals surface area contributed by atoms with E-state index in [1.807, 2.05) is 0 Å². The second-order valence-electron chi connectivity index (χ2n) is 6.57. The zero-order chi connectivity index (χ0) is 14.7. The monoisotopic (exact) mass is 274 g/mol. The molecule has 1 aromatic rings. The van der Waals surface area contributed by atoms with Gasteiger partial charge in [-0.3, -0.25) is 0 Å². The fourth-order valence-corrected chi connectivity index (χ4v) is 3.99. The molecule has 108 valence electrons. The van der Waals surface area contributed by atoms with Crippen molar-refractivity contribution in [3.8, 4) is 0 Å². The third-order valence-corrected chi connectivity index (χ3v) is 5.02. The lowest BCUT2D eigenvalue weighted by Crippen LogP contribution is -2.75. The summed E-state index contributed by atoms with van der Waals surface area (Å²) in [6, 6.07) is 0. The van der Waals surface area contributed by atoms with Crippen molar-refractivity contribution >= 4 is 19.9 Å². The van der Waals surface area contributed by atoms with Crippen molar-refractivity contribution in [3.63, 3.8) is 0 Å². The van der Waals surface area contributed by atoms with Gasteiger partial charge in [-0.15, -0.1) is 0 Å². The summed E-state index contributed by atoms with van der Waals surface area (Å²) in [4.78, 5) is 9.38. The smallest absolute Gasteiger partial charge is 0.333 e. The van der Waals surface area contributed by atoms with Crippen molar-refractivity contribution in [2.75, 3.05) is 18.4 Å². The van der Waals surface area contributed by atoms with E-state index in [-0.39, 0.29) is 5.54 Å². The fourth-order valence-electron chi connectivity index (χ4n) is 3.99. The van der Waals surface area contributed by atoms with Crippen molar-refractivity contribution in [2.45, 2.75) is 52.5 Å². The minimum atomic E-state index is -0.0680. The maximum absolute atomic E-state index is 4.51. The van der Waals surface area contributed by atoms with Crippen LogP contribution in [0.1, 0.15) is 27.2 Å². The average Bonchev–Trinajstić information content (AvgIpc) is 2.94. The Kier molecular flexibility index (Phi) is 3.14. The van der Waals surface area contributed by atoms with Crippen LogP contribution in [0.2, 0.25) is 13.6 Å². The Hall–Kier alpha value is -1.01. The van der Waals surface area contributed by atoms with Gasteiger partial charge in [0.05, 0.1) is 11.7 Å². The summed E-state index contributed by atoms with van der Waals surface area (Å²) in [6.45, 7) is 13.2. The third kappa shape index (κ3) is 1.61. The molecule has 0 aliphatic carbocycles. The first-order valence-corrected chi connectivity index (χ1v) is 7.57. The Bertz CT molecular complexity index is 504. The molecule has 3 heterocycles. The third-order valence-electron chi connectivity index (χ3n) is 5.02. The zero-order valence-corrected chi connectivity index (χ0v) is 13.4. The first kappa shape index (κ1) is 13.9. The molecule has 1 fully saturated rings. The van der Waals surface area contributed by atoms with E-state index in [0.717, 1.165) is 18.9 Å². The van der Waals surface area contributed by atoms with Crippen molar-refractivity contribution < 1.29 is 0 Å². The van der Waals surface area contributed by atoms with Gasteiger partial charge in [0.15, 0.2) is 0 Å². The lowest BCUT2D eigenvalue weighted by Gasteiger charge is -2.53. The number of likely N-dealkylation sites (N-methyl/N-ethyl adjacent to an activating group) is 1. The van der Waals surface area contributed by atoms with E-state index in [2.05, 4.69) is 70.6 Å². The maximum Gasteiger partial charge on any atom is 0.333 e. The standard InChI is InChI=1S/C12H24B2N6/c1-7-8-18-13(4)17(6)10-12(2,3)20-11(15-9-16-20)19(10)14(18)5/h9-10H,7-8H2,1-6H3. The number of hydrogen-bond donors (Lipinski definition) is 0. The summed E-state index contributed by atoms with van der Waals surface area (Å²) in [7, 11) is 2.21. The molecule has 0 radical (unpaired) electrons. The molecule has 3 rings (SSSR count). The highest BCUT2D eigenvalue weighted by molar-refractivity contribution is 6.73. The normalized spacial score (nSPS) is 26.1. The summed E-state index contributed by atoms with van der Waals surface area (Å²) in [6.07, 6.45) is 3.14. The van der Waals surface area contributed by atoms with E-state index in [4.69, 9.17) is 0 Å². The molecule has 0 aromatic carbocycles. The molecule has 1 saturated heterocycles. The quantitative estimate of drug-likeness (QED) is 0.754. The van der Waals surface area contributed by atoms with E-state index in [1.54, 1.807) is 6.33 Å². The first-order chi connectivity index (χ1) is 9.41. The summed E-state index contributed by atoms with van der Waals surface area (Å²) in [5.41, 5.74) is -0.0680. The zero-order valence-electron chi connectivity index (χ0n) is 13.4. The predicted molar refractivity (Wildman–Crippen MR) is 83.6 cm³/mol. The van der Waals surface area contributed by atoms with E-state index < -0.39 is 0 Å². The lowest BCUT2D eigenvalue weighted by molar-refractivity contribution is 0.190. The van der Waals surface area contributed by atoms with Crippen LogP contribution in [0.4, 0.5) is 5.95 Å². The maximum atomic E-state index is 4.51. The molecule has 0 saturated carbocycles. The van der Waals surface area contributed by atoms with Gasteiger partial charge in [-0.25, -0.2) is 9.67 Å². The van der Waals surface area contributed by atoms with Crippen LogP contribution in [0, 0.1) is 0 Å². The Morgan fingerprint density at radius 2 is 2.00 bits per heavy atom. The Morgan fingerprint density at radius 3 is 2.65 bits per heavy atom. The highest BCUT2D eigenvalue weighted by atomic mass is 15.6. The molecular weight excluding hydrogens is 250 g/mol. The number of rotatable bonds is 2. The molecule has 0 spiro atoms. The topological polar surface area (TPSA) is 40.4 Å². The van der Waals surface area contributed by atoms with Crippen LogP contribution in [0.3, 0.4) is 0 Å². The van der Waals surface area contributed by atoms with Crippen molar-refractivity contribution in [1.82, 2.24) is 24.3 Å². The lowest BCUT2D eigenvalue weighted by atomic mass is 9.56. The molecule has 0 N–H and O–H groups in total. The van der Waals surface area contributed by atoms with Crippen LogP contribution in [0.25, 0.3) is 0 Å². The predicted octanol–water partition coefficient (Wildman–Crippen LogP) is 1.05. The van der Waals surface area contributed by atoms with Gasteiger partial charge < -0.3 is 14.3 Å². The van der Waals surface area contributed by atoms with Gasteiger partial charge in [0, 0.05) is 0 Å². The second-order valence-corrected chi connectivity index (χ2v) is 6.57. The van der Waals surface area contributed by atoms with Crippen molar-refractivity contribution in [1.29, 1.82) is 0 Å². The molecule has 20 heavy (non-hydrogen) atoms. The molecule has 2 aliphatic rings. The molecule has 2 aliphatic heterocycles. The molecule has 6 nitrogen and oxygen atoms in total. The van der Waals surface area contributed by atoms with Crippen LogP contribution in [-0.2, 0) is 5.54 Å². The minimum absolute atomic E-state index is 0.0680. The van der Waals surface area contributed by atoms with Crippen LogP contribution < -0.4 is 4.81 Å². The molecule has 1 aromatic heterocycles. The summed E-state index contributed by atoms with van der Waals surface area (Å²) < 4.78 is 4.61. The molecular formula is C12H24B2N6. The summed E-state index contributed by atoms with van der Waals surface area (Å²) >= 11 is 0. The van der Waals surface area contributed by atoms with Gasteiger partial charge in [-0.1, -0.05) is 20.6 Å². The van der Waals surface area contributed by atoms with Crippen molar-refractivity contribution in [2.24, 2.45) is 0 Å². The highest BCUT2D eigenvalue weighted by Crippen LogP contribution is 2.41. The van der Waals surface area contributed by atoms with Crippen LogP contribution in [0.15, 0.2) is 6.33 Å². The molecule has 1 unspecified atom stereocenters. The minimum Gasteiger partial charge on any atom is -0.354 e. The first-order valence-electron chi connectivity index (χ1n) is 7.57. The highest BCUT2D eigenvalue weighted by Gasteiger charge is 2.57. The second kappa shape index (κ2) is 4.49. The number of hydrogen-bond acceptors (Lipinski definition) is 5. The van der Waals surface area contributed by atoms with E-state index in [0.29, 0.717) is 20.1 Å².